The van der Waals surface area contributed by atoms with Crippen LogP contribution in [-0.2, 0) is 4.79 Å². The van der Waals surface area contributed by atoms with E-state index in [1.165, 1.54) is 17.4 Å². The zero-order chi connectivity index (χ0) is 15.7. The molecule has 22 heavy (non-hydrogen) atoms. The van der Waals surface area contributed by atoms with Crippen LogP contribution in [-0.4, -0.2) is 30.0 Å². The molecule has 1 unspecified atom stereocenters. The molecule has 6 heteroatoms. The first-order valence-electron chi connectivity index (χ1n) is 7.65. The van der Waals surface area contributed by atoms with Crippen LogP contribution in [0.2, 0.25) is 0 Å². The van der Waals surface area contributed by atoms with Gasteiger partial charge < -0.3 is 10.2 Å². The first-order chi connectivity index (χ1) is 10.5. The average Bonchev–Trinajstić information content (AvgIpc) is 2.92. The van der Waals surface area contributed by atoms with Gasteiger partial charge in [0.15, 0.2) is 5.13 Å². The molecule has 4 nitrogen and oxygen atoms in total. The predicted molar refractivity (Wildman–Crippen MR) is 87.8 cm³/mol. The number of nitrogens with zero attached hydrogens (tertiary/aromatic N) is 2. The topological polar surface area (TPSA) is 45.2 Å². The number of fused-ring (bicyclic) bond motifs is 1. The Bertz CT molecular complexity index is 685. The van der Waals surface area contributed by atoms with Crippen molar-refractivity contribution < 1.29 is 9.18 Å². The van der Waals surface area contributed by atoms with Crippen LogP contribution in [0.15, 0.2) is 18.2 Å². The van der Waals surface area contributed by atoms with Crippen LogP contribution in [0.1, 0.15) is 26.7 Å². The van der Waals surface area contributed by atoms with E-state index in [0.717, 1.165) is 29.2 Å². The molecule has 1 aliphatic heterocycles. The second kappa shape index (κ2) is 6.20. The van der Waals surface area contributed by atoms with Crippen molar-refractivity contribution in [1.82, 2.24) is 10.3 Å². The van der Waals surface area contributed by atoms with Crippen molar-refractivity contribution in [1.29, 1.82) is 0 Å². The lowest BCUT2D eigenvalue weighted by molar-refractivity contribution is -0.125. The Morgan fingerprint density at radius 3 is 3.05 bits per heavy atom. The Hall–Kier alpha value is -1.69. The molecule has 0 saturated carbocycles. The second-order valence-electron chi connectivity index (χ2n) is 6.03. The third-order valence-electron chi connectivity index (χ3n) is 3.85. The largest absolute Gasteiger partial charge is 0.354 e. The Morgan fingerprint density at radius 1 is 1.50 bits per heavy atom. The van der Waals surface area contributed by atoms with Gasteiger partial charge in [0.2, 0.25) is 5.91 Å². The fourth-order valence-corrected chi connectivity index (χ4v) is 3.82. The molecule has 1 fully saturated rings. The summed E-state index contributed by atoms with van der Waals surface area (Å²) in [6.45, 7) is 5.45. The van der Waals surface area contributed by atoms with E-state index in [9.17, 15) is 9.18 Å². The van der Waals surface area contributed by atoms with Gasteiger partial charge in [-0.2, -0.15) is 0 Å². The molecular weight excluding hydrogens is 301 g/mol. The quantitative estimate of drug-likeness (QED) is 0.944. The Labute approximate surface area is 133 Å². The van der Waals surface area contributed by atoms with Gasteiger partial charge in [-0.15, -0.1) is 0 Å². The lowest BCUT2D eigenvalue weighted by Crippen LogP contribution is -2.44. The number of piperidine rings is 1. The maximum absolute atomic E-state index is 13.8. The molecule has 0 bridgehead atoms. The summed E-state index contributed by atoms with van der Waals surface area (Å²) in [6, 6.07) is 5.17. The van der Waals surface area contributed by atoms with Crippen molar-refractivity contribution in [2.75, 3.05) is 18.0 Å². The van der Waals surface area contributed by atoms with Gasteiger partial charge in [0.1, 0.15) is 11.3 Å². The summed E-state index contributed by atoms with van der Waals surface area (Å²) < 4.78 is 14.6. The van der Waals surface area contributed by atoms with E-state index in [2.05, 4.69) is 15.2 Å². The van der Waals surface area contributed by atoms with Gasteiger partial charge in [-0.1, -0.05) is 17.4 Å². The number of hydrogen-bond acceptors (Lipinski definition) is 4. The number of benzene rings is 1. The zero-order valence-corrected chi connectivity index (χ0v) is 13.6. The first-order valence-corrected chi connectivity index (χ1v) is 8.46. The second-order valence-corrected chi connectivity index (χ2v) is 7.04. The molecule has 1 aliphatic rings. The molecule has 1 N–H and O–H groups in total. The van der Waals surface area contributed by atoms with Crippen LogP contribution in [0.3, 0.4) is 0 Å². The minimum atomic E-state index is -0.286. The van der Waals surface area contributed by atoms with Gasteiger partial charge in [0.05, 0.1) is 10.6 Å². The number of carbonyl (C=O) groups is 1. The highest BCUT2D eigenvalue weighted by Gasteiger charge is 2.27. The molecule has 118 valence electrons. The highest BCUT2D eigenvalue weighted by molar-refractivity contribution is 7.22. The van der Waals surface area contributed by atoms with E-state index in [-0.39, 0.29) is 23.7 Å². The van der Waals surface area contributed by atoms with Crippen molar-refractivity contribution in [3.05, 3.63) is 24.0 Å². The van der Waals surface area contributed by atoms with Gasteiger partial charge in [0, 0.05) is 19.1 Å². The minimum Gasteiger partial charge on any atom is -0.354 e. The number of para-hydroxylation sites is 1. The van der Waals surface area contributed by atoms with Gasteiger partial charge in [-0.3, -0.25) is 4.79 Å². The summed E-state index contributed by atoms with van der Waals surface area (Å²) in [5.41, 5.74) is 0.427. The molecule has 2 heterocycles. The highest BCUT2D eigenvalue weighted by Crippen LogP contribution is 2.32. The SMILES string of the molecule is CC(C)NC(=O)C1CCCN(c2nc3c(F)cccc3s2)C1. The predicted octanol–water partition coefficient (Wildman–Crippen LogP) is 3.18. The van der Waals surface area contributed by atoms with Gasteiger partial charge in [-0.05, 0) is 38.8 Å². The molecule has 0 spiro atoms. The van der Waals surface area contributed by atoms with Crippen molar-refractivity contribution in [2.45, 2.75) is 32.7 Å². The average molecular weight is 321 g/mol. The van der Waals surface area contributed by atoms with E-state index in [1.807, 2.05) is 19.9 Å². The van der Waals surface area contributed by atoms with Gasteiger partial charge in [-0.25, -0.2) is 9.37 Å². The maximum Gasteiger partial charge on any atom is 0.225 e. The zero-order valence-electron chi connectivity index (χ0n) is 12.8. The summed E-state index contributed by atoms with van der Waals surface area (Å²) in [5, 5.41) is 3.79. The number of thiazole rings is 1. The summed E-state index contributed by atoms with van der Waals surface area (Å²) in [7, 11) is 0. The Balaban J connectivity index is 1.78. The van der Waals surface area contributed by atoms with Crippen LogP contribution in [0, 0.1) is 11.7 Å². The third-order valence-corrected chi connectivity index (χ3v) is 4.93. The number of hydrogen-bond donors (Lipinski definition) is 1. The monoisotopic (exact) mass is 321 g/mol. The van der Waals surface area contributed by atoms with Crippen molar-refractivity contribution >= 4 is 32.6 Å². The van der Waals surface area contributed by atoms with Crippen LogP contribution in [0.25, 0.3) is 10.2 Å². The summed E-state index contributed by atoms with van der Waals surface area (Å²) >= 11 is 1.49. The van der Waals surface area contributed by atoms with E-state index in [4.69, 9.17) is 0 Å². The highest BCUT2D eigenvalue weighted by atomic mass is 32.1. The Kier molecular flexibility index (Phi) is 4.29. The molecule has 0 radical (unpaired) electrons. The van der Waals surface area contributed by atoms with E-state index < -0.39 is 0 Å². The summed E-state index contributed by atoms with van der Waals surface area (Å²) in [5.74, 6) is -0.203. The molecule has 2 aromatic rings. The smallest absolute Gasteiger partial charge is 0.225 e. The van der Waals surface area contributed by atoms with E-state index >= 15 is 0 Å². The molecule has 1 aromatic heterocycles. The number of halogens is 1. The van der Waals surface area contributed by atoms with Crippen molar-refractivity contribution in [3.8, 4) is 0 Å². The molecule has 1 atom stereocenters. The maximum atomic E-state index is 13.8. The number of nitrogens with one attached hydrogen (secondary N) is 1. The van der Waals surface area contributed by atoms with Crippen LogP contribution in [0.5, 0.6) is 0 Å². The number of amides is 1. The van der Waals surface area contributed by atoms with Crippen molar-refractivity contribution in [3.63, 3.8) is 0 Å². The molecule has 3 rings (SSSR count). The fourth-order valence-electron chi connectivity index (χ4n) is 2.81. The van der Waals surface area contributed by atoms with E-state index in [1.54, 1.807) is 6.07 Å². The van der Waals surface area contributed by atoms with Crippen molar-refractivity contribution in [2.24, 2.45) is 5.92 Å². The van der Waals surface area contributed by atoms with Gasteiger partial charge in [0.25, 0.3) is 0 Å². The summed E-state index contributed by atoms with van der Waals surface area (Å²) in [4.78, 5) is 18.7. The van der Waals surface area contributed by atoms with Crippen LogP contribution >= 0.6 is 11.3 Å². The molecule has 1 aromatic carbocycles. The summed E-state index contributed by atoms with van der Waals surface area (Å²) in [6.07, 6.45) is 1.85. The number of aromatic nitrogens is 1. The normalized spacial score (nSPS) is 18.9. The Morgan fingerprint density at radius 2 is 2.32 bits per heavy atom. The lowest BCUT2D eigenvalue weighted by Gasteiger charge is -2.32. The minimum absolute atomic E-state index is 0.0204. The fraction of sp³-hybridized carbons (Fsp3) is 0.500. The number of anilines is 1. The lowest BCUT2D eigenvalue weighted by atomic mass is 9.97. The van der Waals surface area contributed by atoms with Gasteiger partial charge >= 0.3 is 0 Å². The van der Waals surface area contributed by atoms with Crippen LogP contribution < -0.4 is 10.2 Å². The van der Waals surface area contributed by atoms with E-state index in [0.29, 0.717) is 12.1 Å². The standard InChI is InChI=1S/C16H20FN3OS/c1-10(2)18-15(21)11-5-4-8-20(9-11)16-19-14-12(17)6-3-7-13(14)22-16/h3,6-7,10-11H,4-5,8-9H2,1-2H3,(H,18,21). The molecular formula is C16H20FN3OS. The first kappa shape index (κ1) is 15.2. The number of rotatable bonds is 3. The molecule has 1 amide bonds. The van der Waals surface area contributed by atoms with Crippen LogP contribution in [0.4, 0.5) is 9.52 Å². The molecule has 1 saturated heterocycles. The third kappa shape index (κ3) is 3.06. The number of carbonyl (C=O) groups excluding carboxylic acids is 1. The molecule has 0 aliphatic carbocycles.